The van der Waals surface area contributed by atoms with Crippen molar-refractivity contribution in [2.75, 3.05) is 32.7 Å². The number of benzene rings is 3. The second-order valence-corrected chi connectivity index (χ2v) is 10.3. The molecule has 0 saturated carbocycles. The summed E-state index contributed by atoms with van der Waals surface area (Å²) >= 11 is 0. The summed E-state index contributed by atoms with van der Waals surface area (Å²) in [4.78, 5) is 26.5. The first-order valence-electron chi connectivity index (χ1n) is 11.3. The van der Waals surface area contributed by atoms with Crippen LogP contribution in [-0.4, -0.2) is 67.3 Å². The van der Waals surface area contributed by atoms with Crippen LogP contribution in [0.1, 0.15) is 15.9 Å². The molecule has 0 radical (unpaired) electrons. The molecule has 8 nitrogen and oxygen atoms in total. The van der Waals surface area contributed by atoms with Gasteiger partial charge in [0.1, 0.15) is 10.6 Å². The summed E-state index contributed by atoms with van der Waals surface area (Å²) in [5.41, 5.74) is 3.21. The number of phenolic OH excluding ortho intramolecular Hbond substituents is 1. The van der Waals surface area contributed by atoms with Gasteiger partial charge in [-0.05, 0) is 47.9 Å². The largest absolute Gasteiger partial charge is 0.507 e. The Labute approximate surface area is 204 Å². The number of piperazine rings is 1. The molecule has 1 fully saturated rings. The Morgan fingerprint density at radius 3 is 2.17 bits per heavy atom. The number of hydrogen-bond donors (Lipinski definition) is 2. The maximum Gasteiger partial charge on any atom is 0.251 e. The summed E-state index contributed by atoms with van der Waals surface area (Å²) in [6.07, 6.45) is 0. The first kappa shape index (κ1) is 24.4. The highest BCUT2D eigenvalue weighted by Crippen LogP contribution is 2.27. The minimum atomic E-state index is -3.87. The van der Waals surface area contributed by atoms with Crippen LogP contribution in [0.2, 0.25) is 0 Å². The van der Waals surface area contributed by atoms with Gasteiger partial charge in [0.25, 0.3) is 5.91 Å². The first-order chi connectivity index (χ1) is 16.8. The fourth-order valence-electron chi connectivity index (χ4n) is 3.96. The van der Waals surface area contributed by atoms with Gasteiger partial charge >= 0.3 is 0 Å². The molecule has 1 saturated heterocycles. The van der Waals surface area contributed by atoms with E-state index in [9.17, 15) is 23.1 Å². The molecule has 2 N–H and O–H groups in total. The van der Waals surface area contributed by atoms with E-state index in [-0.39, 0.29) is 55.2 Å². The summed E-state index contributed by atoms with van der Waals surface area (Å²) in [6, 6.07) is 21.4. The van der Waals surface area contributed by atoms with Gasteiger partial charge in [-0.3, -0.25) is 9.59 Å². The van der Waals surface area contributed by atoms with Gasteiger partial charge in [0.15, 0.2) is 0 Å². The number of rotatable bonds is 6. The Morgan fingerprint density at radius 2 is 1.51 bits per heavy atom. The summed E-state index contributed by atoms with van der Waals surface area (Å²) in [7, 11) is -3.87. The molecular weight excluding hydrogens is 466 g/mol. The van der Waals surface area contributed by atoms with Crippen molar-refractivity contribution in [1.82, 2.24) is 14.5 Å². The second-order valence-electron chi connectivity index (χ2n) is 8.38. The molecule has 2 amide bonds. The number of aromatic hydroxyl groups is 1. The summed E-state index contributed by atoms with van der Waals surface area (Å²) in [5, 5.41) is 12.7. The van der Waals surface area contributed by atoms with Gasteiger partial charge in [-0.25, -0.2) is 8.42 Å². The fourth-order valence-corrected chi connectivity index (χ4v) is 5.55. The van der Waals surface area contributed by atoms with Crippen molar-refractivity contribution in [3.63, 3.8) is 0 Å². The third kappa shape index (κ3) is 5.52. The standard InChI is InChI=1S/C26H27N3O5S/c1-19-7-12-23(30)24(17-19)35(33,34)29-15-13-28(14-16-29)25(31)18-27-26(32)22-10-8-21(9-11-22)20-5-3-2-4-6-20/h2-12,17,30H,13-16,18H2,1H3,(H,27,32). The summed E-state index contributed by atoms with van der Waals surface area (Å²) < 4.78 is 27.1. The second kappa shape index (κ2) is 10.3. The van der Waals surface area contributed by atoms with Crippen LogP contribution < -0.4 is 5.32 Å². The molecular formula is C26H27N3O5S. The van der Waals surface area contributed by atoms with E-state index in [0.717, 1.165) is 16.7 Å². The van der Waals surface area contributed by atoms with Gasteiger partial charge in [0.05, 0.1) is 6.54 Å². The third-order valence-electron chi connectivity index (χ3n) is 5.98. The van der Waals surface area contributed by atoms with Crippen LogP contribution in [-0.2, 0) is 14.8 Å². The molecule has 9 heteroatoms. The van der Waals surface area contributed by atoms with E-state index in [1.54, 1.807) is 25.1 Å². The van der Waals surface area contributed by atoms with Crippen LogP contribution in [0.15, 0.2) is 77.7 Å². The molecule has 0 bridgehead atoms. The van der Waals surface area contributed by atoms with Gasteiger partial charge < -0.3 is 15.3 Å². The molecule has 0 aliphatic carbocycles. The topological polar surface area (TPSA) is 107 Å². The number of sulfonamides is 1. The van der Waals surface area contributed by atoms with Crippen LogP contribution in [0.25, 0.3) is 11.1 Å². The van der Waals surface area contributed by atoms with E-state index in [4.69, 9.17) is 0 Å². The Morgan fingerprint density at radius 1 is 0.886 bits per heavy atom. The highest BCUT2D eigenvalue weighted by atomic mass is 32.2. The van der Waals surface area contributed by atoms with Crippen molar-refractivity contribution in [3.8, 4) is 16.9 Å². The van der Waals surface area contributed by atoms with Gasteiger partial charge in [0.2, 0.25) is 15.9 Å². The van der Waals surface area contributed by atoms with E-state index in [0.29, 0.717) is 5.56 Å². The van der Waals surface area contributed by atoms with Crippen molar-refractivity contribution in [2.45, 2.75) is 11.8 Å². The van der Waals surface area contributed by atoms with Crippen LogP contribution in [0, 0.1) is 6.92 Å². The smallest absolute Gasteiger partial charge is 0.251 e. The predicted molar refractivity (Wildman–Crippen MR) is 132 cm³/mol. The van der Waals surface area contributed by atoms with E-state index in [2.05, 4.69) is 5.32 Å². The monoisotopic (exact) mass is 493 g/mol. The highest BCUT2D eigenvalue weighted by molar-refractivity contribution is 7.89. The molecule has 1 aliphatic heterocycles. The molecule has 0 unspecified atom stereocenters. The number of carbonyl (C=O) groups excluding carboxylic acids is 2. The zero-order valence-electron chi connectivity index (χ0n) is 19.3. The van der Waals surface area contributed by atoms with Crippen LogP contribution in [0.3, 0.4) is 0 Å². The van der Waals surface area contributed by atoms with E-state index < -0.39 is 10.0 Å². The molecule has 0 spiro atoms. The minimum absolute atomic E-state index is 0.107. The maximum atomic E-state index is 12.9. The van der Waals surface area contributed by atoms with Crippen LogP contribution in [0.5, 0.6) is 5.75 Å². The van der Waals surface area contributed by atoms with Gasteiger partial charge in [-0.1, -0.05) is 48.5 Å². The summed E-state index contributed by atoms with van der Waals surface area (Å²) in [5.74, 6) is -0.933. The van der Waals surface area contributed by atoms with E-state index in [1.165, 1.54) is 21.3 Å². The lowest BCUT2D eigenvalue weighted by molar-refractivity contribution is -0.131. The van der Waals surface area contributed by atoms with Crippen molar-refractivity contribution >= 4 is 21.8 Å². The van der Waals surface area contributed by atoms with Crippen molar-refractivity contribution in [2.24, 2.45) is 0 Å². The van der Waals surface area contributed by atoms with E-state index >= 15 is 0 Å². The van der Waals surface area contributed by atoms with Crippen LogP contribution in [0.4, 0.5) is 0 Å². The highest BCUT2D eigenvalue weighted by Gasteiger charge is 2.32. The normalized spacial score (nSPS) is 14.5. The quantitative estimate of drug-likeness (QED) is 0.549. The molecule has 3 aromatic rings. The Bertz CT molecular complexity index is 1320. The molecule has 0 atom stereocenters. The number of amides is 2. The third-order valence-corrected chi connectivity index (χ3v) is 7.91. The molecule has 1 heterocycles. The minimum Gasteiger partial charge on any atom is -0.507 e. The lowest BCUT2D eigenvalue weighted by Gasteiger charge is -2.34. The van der Waals surface area contributed by atoms with E-state index in [1.807, 2.05) is 42.5 Å². The maximum absolute atomic E-state index is 12.9. The Hall–Kier alpha value is -3.69. The molecule has 3 aromatic carbocycles. The number of phenols is 1. The van der Waals surface area contributed by atoms with Crippen molar-refractivity contribution in [1.29, 1.82) is 0 Å². The molecule has 35 heavy (non-hydrogen) atoms. The molecule has 182 valence electrons. The van der Waals surface area contributed by atoms with Gasteiger partial charge in [-0.15, -0.1) is 0 Å². The molecule has 0 aromatic heterocycles. The van der Waals surface area contributed by atoms with Crippen molar-refractivity contribution < 1.29 is 23.1 Å². The number of carbonyl (C=O) groups is 2. The number of nitrogens with one attached hydrogen (secondary N) is 1. The predicted octanol–water partition coefficient (Wildman–Crippen LogP) is 2.63. The lowest BCUT2D eigenvalue weighted by Crippen LogP contribution is -2.52. The Balaban J connectivity index is 1.30. The lowest BCUT2D eigenvalue weighted by atomic mass is 10.0. The van der Waals surface area contributed by atoms with Crippen molar-refractivity contribution in [3.05, 3.63) is 83.9 Å². The summed E-state index contributed by atoms with van der Waals surface area (Å²) in [6.45, 7) is 2.19. The van der Waals surface area contributed by atoms with Gasteiger partial charge in [-0.2, -0.15) is 4.31 Å². The number of aryl methyl sites for hydroxylation is 1. The number of hydrogen-bond acceptors (Lipinski definition) is 5. The zero-order valence-corrected chi connectivity index (χ0v) is 20.2. The number of nitrogens with zero attached hydrogens (tertiary/aromatic N) is 2. The Kier molecular flexibility index (Phi) is 7.18. The van der Waals surface area contributed by atoms with Gasteiger partial charge in [0, 0.05) is 31.7 Å². The molecule has 4 rings (SSSR count). The first-order valence-corrected chi connectivity index (χ1v) is 12.7. The SMILES string of the molecule is Cc1ccc(O)c(S(=O)(=O)N2CCN(C(=O)CNC(=O)c3ccc(-c4ccccc4)cc3)CC2)c1. The fraction of sp³-hybridized carbons (Fsp3) is 0.231. The van der Waals surface area contributed by atoms with Crippen LogP contribution >= 0.6 is 0 Å². The average molecular weight is 494 g/mol. The zero-order chi connectivity index (χ0) is 25.0. The molecule has 1 aliphatic rings. The average Bonchev–Trinajstić information content (AvgIpc) is 2.89.